The molecule has 2 aromatic carbocycles. The molecule has 0 radical (unpaired) electrons. The Labute approximate surface area is 169 Å². The second kappa shape index (κ2) is 10.1. The van der Waals surface area contributed by atoms with Crippen LogP contribution >= 0.6 is 23.2 Å². The molecule has 0 aliphatic heterocycles. The highest BCUT2D eigenvalue weighted by Crippen LogP contribution is 2.22. The van der Waals surface area contributed by atoms with Crippen LogP contribution in [0.1, 0.15) is 5.56 Å². The molecule has 0 aliphatic carbocycles. The fourth-order valence-electron chi connectivity index (χ4n) is 2.31. The van der Waals surface area contributed by atoms with Gasteiger partial charge >= 0.3 is 0 Å². The second-order valence-corrected chi connectivity index (χ2v) is 8.63. The largest absolute Gasteiger partial charge is 0.491 e. The van der Waals surface area contributed by atoms with E-state index in [1.807, 2.05) is 12.1 Å². The fourth-order valence-corrected chi connectivity index (χ4v) is 3.19. The Bertz CT molecular complexity index is 862. The normalized spacial score (nSPS) is 12.6. The van der Waals surface area contributed by atoms with E-state index < -0.39 is 16.1 Å². The maximum Gasteiger partial charge on any atom is 0.229 e. The molecule has 0 aliphatic rings. The van der Waals surface area contributed by atoms with Crippen LogP contribution in [0.4, 0.5) is 5.69 Å². The Balaban J connectivity index is 1.71. The SMILES string of the molecule is CS(=O)(=O)Nc1cccc(OC[C@H](O)CNCCc2ccc(Cl)c(Cl)c2)c1. The summed E-state index contributed by atoms with van der Waals surface area (Å²) in [7, 11) is -3.35. The molecular weight excluding hydrogens is 411 g/mol. The monoisotopic (exact) mass is 432 g/mol. The lowest BCUT2D eigenvalue weighted by Gasteiger charge is -2.14. The Morgan fingerprint density at radius 3 is 2.63 bits per heavy atom. The lowest BCUT2D eigenvalue weighted by molar-refractivity contribution is 0.106. The average Bonchev–Trinajstić information content (AvgIpc) is 2.59. The van der Waals surface area contributed by atoms with E-state index >= 15 is 0 Å². The first-order chi connectivity index (χ1) is 12.7. The van der Waals surface area contributed by atoms with Crippen molar-refractivity contribution in [1.82, 2.24) is 5.32 Å². The topological polar surface area (TPSA) is 87.7 Å². The van der Waals surface area contributed by atoms with Crippen molar-refractivity contribution in [2.24, 2.45) is 0 Å². The standard InChI is InChI=1S/C18H22Cl2N2O4S/c1-27(24,25)22-14-3-2-4-16(10-14)26-12-15(23)11-21-8-7-13-5-6-17(19)18(20)9-13/h2-6,9-10,15,21-23H,7-8,11-12H2,1H3/t15-/m1/s1. The van der Waals surface area contributed by atoms with Crippen molar-refractivity contribution in [2.45, 2.75) is 12.5 Å². The number of halogens is 2. The van der Waals surface area contributed by atoms with Gasteiger partial charge in [0, 0.05) is 12.6 Å². The zero-order valence-electron chi connectivity index (χ0n) is 14.8. The molecule has 0 saturated carbocycles. The van der Waals surface area contributed by atoms with Crippen molar-refractivity contribution in [2.75, 3.05) is 30.7 Å². The summed E-state index contributed by atoms with van der Waals surface area (Å²) in [4.78, 5) is 0. The van der Waals surface area contributed by atoms with Gasteiger partial charge in [0.25, 0.3) is 0 Å². The minimum Gasteiger partial charge on any atom is -0.491 e. The van der Waals surface area contributed by atoms with Gasteiger partial charge < -0.3 is 15.2 Å². The Morgan fingerprint density at radius 1 is 1.15 bits per heavy atom. The van der Waals surface area contributed by atoms with Gasteiger partial charge in [-0.15, -0.1) is 0 Å². The van der Waals surface area contributed by atoms with Crippen molar-refractivity contribution >= 4 is 38.9 Å². The Hall–Kier alpha value is -1.51. The molecule has 0 heterocycles. The average molecular weight is 433 g/mol. The molecule has 2 rings (SSSR count). The lowest BCUT2D eigenvalue weighted by atomic mass is 10.1. The number of ether oxygens (including phenoxy) is 1. The highest BCUT2D eigenvalue weighted by molar-refractivity contribution is 7.92. The molecule has 0 bridgehead atoms. The maximum absolute atomic E-state index is 11.2. The van der Waals surface area contributed by atoms with Crippen molar-refractivity contribution < 1.29 is 18.3 Å². The molecule has 0 unspecified atom stereocenters. The van der Waals surface area contributed by atoms with Gasteiger partial charge in [0.05, 0.1) is 22.0 Å². The van der Waals surface area contributed by atoms with Gasteiger partial charge in [0.2, 0.25) is 10.0 Å². The van der Waals surface area contributed by atoms with Gasteiger partial charge in [-0.25, -0.2) is 8.42 Å². The van der Waals surface area contributed by atoms with E-state index in [0.717, 1.165) is 18.2 Å². The highest BCUT2D eigenvalue weighted by atomic mass is 35.5. The van der Waals surface area contributed by atoms with Gasteiger partial charge in [0.15, 0.2) is 0 Å². The zero-order chi connectivity index (χ0) is 19.9. The third kappa shape index (κ3) is 8.36. The van der Waals surface area contributed by atoms with E-state index in [9.17, 15) is 13.5 Å². The molecule has 1 atom stereocenters. The minimum absolute atomic E-state index is 0.0854. The van der Waals surface area contributed by atoms with Crippen LogP contribution in [-0.2, 0) is 16.4 Å². The molecule has 2 aromatic rings. The molecule has 27 heavy (non-hydrogen) atoms. The Kier molecular flexibility index (Phi) is 8.19. The summed E-state index contributed by atoms with van der Waals surface area (Å²) >= 11 is 11.9. The molecule has 0 fully saturated rings. The highest BCUT2D eigenvalue weighted by Gasteiger charge is 2.07. The first-order valence-corrected chi connectivity index (χ1v) is 10.9. The van der Waals surface area contributed by atoms with E-state index in [-0.39, 0.29) is 6.61 Å². The van der Waals surface area contributed by atoms with Gasteiger partial charge in [-0.05, 0) is 42.8 Å². The summed E-state index contributed by atoms with van der Waals surface area (Å²) in [6, 6.07) is 12.0. The number of rotatable bonds is 10. The van der Waals surface area contributed by atoms with E-state index in [1.54, 1.807) is 30.3 Å². The minimum atomic E-state index is -3.35. The molecule has 3 N–H and O–H groups in total. The number of hydrogen-bond donors (Lipinski definition) is 3. The molecule has 9 heteroatoms. The summed E-state index contributed by atoms with van der Waals surface area (Å²) in [5.74, 6) is 0.471. The van der Waals surface area contributed by atoms with Crippen LogP contribution in [0.2, 0.25) is 10.0 Å². The van der Waals surface area contributed by atoms with Crippen LogP contribution < -0.4 is 14.8 Å². The van der Waals surface area contributed by atoms with Crippen molar-refractivity contribution in [3.8, 4) is 5.75 Å². The molecule has 0 spiro atoms. The molecule has 148 valence electrons. The smallest absolute Gasteiger partial charge is 0.229 e. The van der Waals surface area contributed by atoms with Crippen LogP contribution in [0.15, 0.2) is 42.5 Å². The maximum atomic E-state index is 11.2. The Morgan fingerprint density at radius 2 is 1.93 bits per heavy atom. The van der Waals surface area contributed by atoms with Gasteiger partial charge in [-0.3, -0.25) is 4.72 Å². The predicted octanol–water partition coefficient (Wildman–Crippen LogP) is 2.94. The predicted molar refractivity (Wildman–Crippen MR) is 109 cm³/mol. The first-order valence-electron chi connectivity index (χ1n) is 8.26. The number of aliphatic hydroxyl groups excluding tert-OH is 1. The molecule has 0 amide bonds. The number of anilines is 1. The number of nitrogens with one attached hydrogen (secondary N) is 2. The first kappa shape index (κ1) is 21.8. The van der Waals surface area contributed by atoms with Gasteiger partial charge in [-0.2, -0.15) is 0 Å². The fraction of sp³-hybridized carbons (Fsp3) is 0.333. The lowest BCUT2D eigenvalue weighted by Crippen LogP contribution is -2.32. The molecule has 6 nitrogen and oxygen atoms in total. The van der Waals surface area contributed by atoms with Gasteiger partial charge in [-0.1, -0.05) is 35.3 Å². The second-order valence-electron chi connectivity index (χ2n) is 6.07. The summed E-state index contributed by atoms with van der Waals surface area (Å²) < 4.78 is 30.4. The summed E-state index contributed by atoms with van der Waals surface area (Å²) in [6.45, 7) is 1.12. The van der Waals surface area contributed by atoms with Crippen LogP contribution in [0.3, 0.4) is 0 Å². The number of benzene rings is 2. The van der Waals surface area contributed by atoms with Crippen molar-refractivity contribution in [3.05, 3.63) is 58.1 Å². The third-order valence-electron chi connectivity index (χ3n) is 3.53. The van der Waals surface area contributed by atoms with Crippen molar-refractivity contribution in [1.29, 1.82) is 0 Å². The third-order valence-corrected chi connectivity index (χ3v) is 4.88. The van der Waals surface area contributed by atoms with Gasteiger partial charge in [0.1, 0.15) is 18.5 Å². The summed E-state index contributed by atoms with van der Waals surface area (Å²) in [5.41, 5.74) is 1.46. The van der Waals surface area contributed by atoms with Crippen molar-refractivity contribution in [3.63, 3.8) is 0 Å². The number of aliphatic hydroxyl groups is 1. The number of sulfonamides is 1. The zero-order valence-corrected chi connectivity index (χ0v) is 17.1. The molecule has 0 aromatic heterocycles. The summed E-state index contributed by atoms with van der Waals surface area (Å²) in [6.07, 6.45) is 1.13. The molecule has 0 saturated heterocycles. The quantitative estimate of drug-likeness (QED) is 0.502. The van der Waals surface area contributed by atoms with E-state index in [0.29, 0.717) is 34.6 Å². The van der Waals surface area contributed by atoms with Crippen LogP contribution in [0.5, 0.6) is 5.75 Å². The van der Waals surface area contributed by atoms with Crippen LogP contribution in [0, 0.1) is 0 Å². The number of hydrogen-bond acceptors (Lipinski definition) is 5. The van der Waals surface area contributed by atoms with Crippen LogP contribution in [0.25, 0.3) is 0 Å². The van der Waals surface area contributed by atoms with E-state index in [2.05, 4.69) is 10.0 Å². The molecular formula is C18H22Cl2N2O4S. The summed E-state index contributed by atoms with van der Waals surface area (Å²) in [5, 5.41) is 14.2. The van der Waals surface area contributed by atoms with E-state index in [4.69, 9.17) is 27.9 Å². The van der Waals surface area contributed by atoms with Crippen LogP contribution in [-0.4, -0.2) is 45.6 Å². The van der Waals surface area contributed by atoms with E-state index in [1.165, 1.54) is 0 Å².